The predicted octanol–water partition coefficient (Wildman–Crippen LogP) is 4.30. The third kappa shape index (κ3) is 3.37. The maximum atomic E-state index is 12.1. The predicted molar refractivity (Wildman–Crippen MR) is 90.4 cm³/mol. The highest BCUT2D eigenvalue weighted by molar-refractivity contribution is 9.10. The maximum Gasteiger partial charge on any atom is 0.276 e. The average molecular weight is 401 g/mol. The lowest BCUT2D eigenvalue weighted by Crippen LogP contribution is -2.12. The molecule has 0 aromatic carbocycles. The first-order valence-corrected chi connectivity index (χ1v) is 9.36. The molecule has 0 spiro atoms. The number of hydrogen-bond donors (Lipinski definition) is 1. The Kier molecular flexibility index (Phi) is 4.43. The second-order valence-electron chi connectivity index (χ2n) is 3.98. The molecule has 0 radical (unpaired) electrons. The van der Waals surface area contributed by atoms with Crippen molar-refractivity contribution in [2.45, 2.75) is 13.3 Å². The van der Waals surface area contributed by atoms with Crippen LogP contribution in [-0.4, -0.2) is 21.1 Å². The Hall–Kier alpha value is -1.16. The van der Waals surface area contributed by atoms with E-state index in [9.17, 15) is 4.79 Å². The summed E-state index contributed by atoms with van der Waals surface area (Å²) in [4.78, 5) is 17.5. The van der Waals surface area contributed by atoms with Gasteiger partial charge in [-0.2, -0.15) is 0 Å². The Morgan fingerprint density at radius 1 is 1.33 bits per heavy atom. The summed E-state index contributed by atoms with van der Waals surface area (Å²) < 4.78 is 1.02. The van der Waals surface area contributed by atoms with Gasteiger partial charge in [0, 0.05) is 15.2 Å². The topological polar surface area (TPSA) is 67.8 Å². The quantitative estimate of drug-likeness (QED) is 0.708. The van der Waals surface area contributed by atoms with Gasteiger partial charge in [-0.3, -0.25) is 10.1 Å². The molecule has 0 unspecified atom stereocenters. The molecule has 9 heteroatoms. The lowest BCUT2D eigenvalue weighted by Gasteiger charge is -1.96. The average Bonchev–Trinajstić information content (AvgIpc) is 3.17. The minimum Gasteiger partial charge on any atom is -0.295 e. The fourth-order valence-corrected chi connectivity index (χ4v) is 4.51. The van der Waals surface area contributed by atoms with Crippen molar-refractivity contribution in [2.75, 3.05) is 5.32 Å². The number of aromatic nitrogens is 3. The lowest BCUT2D eigenvalue weighted by molar-refractivity contribution is 0.102. The number of hydrogen-bond acceptors (Lipinski definition) is 7. The number of thiazole rings is 1. The van der Waals surface area contributed by atoms with Crippen molar-refractivity contribution >= 4 is 61.0 Å². The van der Waals surface area contributed by atoms with Gasteiger partial charge in [0.2, 0.25) is 5.13 Å². The number of carbonyl (C=O) groups is 1. The lowest BCUT2D eigenvalue weighted by atomic mass is 10.4. The molecule has 0 aliphatic carbocycles. The Balaban J connectivity index is 1.75. The molecule has 0 bridgehead atoms. The van der Waals surface area contributed by atoms with E-state index in [1.165, 1.54) is 22.7 Å². The van der Waals surface area contributed by atoms with Crippen LogP contribution in [0.3, 0.4) is 0 Å². The molecule has 21 heavy (non-hydrogen) atoms. The van der Waals surface area contributed by atoms with Gasteiger partial charge >= 0.3 is 0 Å². The van der Waals surface area contributed by atoms with Gasteiger partial charge in [-0.05, 0) is 28.4 Å². The molecule has 1 N–H and O–H groups in total. The summed E-state index contributed by atoms with van der Waals surface area (Å²) >= 11 is 7.83. The maximum absolute atomic E-state index is 12.1. The van der Waals surface area contributed by atoms with Gasteiger partial charge in [-0.25, -0.2) is 4.98 Å². The van der Waals surface area contributed by atoms with Crippen LogP contribution in [0.1, 0.15) is 22.4 Å². The largest absolute Gasteiger partial charge is 0.295 e. The van der Waals surface area contributed by atoms with Crippen LogP contribution in [0.2, 0.25) is 0 Å². The van der Waals surface area contributed by atoms with Crippen LogP contribution in [-0.2, 0) is 6.42 Å². The van der Waals surface area contributed by atoms with E-state index < -0.39 is 0 Å². The van der Waals surface area contributed by atoms with Crippen LogP contribution in [0.4, 0.5) is 5.13 Å². The number of anilines is 1. The number of carbonyl (C=O) groups excluding carboxylic acids is 1. The van der Waals surface area contributed by atoms with E-state index in [0.717, 1.165) is 25.8 Å². The second-order valence-corrected chi connectivity index (χ2v) is 7.72. The monoisotopic (exact) mass is 400 g/mol. The summed E-state index contributed by atoms with van der Waals surface area (Å²) in [5, 5.41) is 16.6. The minimum absolute atomic E-state index is 0.257. The molecule has 0 aliphatic rings. The van der Waals surface area contributed by atoms with Crippen molar-refractivity contribution in [3.05, 3.63) is 32.0 Å². The molecular weight excluding hydrogens is 392 g/mol. The number of nitrogens with zero attached hydrogens (tertiary/aromatic N) is 3. The van der Waals surface area contributed by atoms with Crippen LogP contribution >= 0.6 is 49.9 Å². The Bertz CT molecular complexity index is 779. The van der Waals surface area contributed by atoms with Gasteiger partial charge in [0.15, 0.2) is 0 Å². The third-order valence-corrected chi connectivity index (χ3v) is 6.19. The molecule has 0 saturated carbocycles. The molecule has 0 aliphatic heterocycles. The molecule has 0 fully saturated rings. The first-order chi connectivity index (χ1) is 10.2. The molecule has 3 aromatic rings. The second kappa shape index (κ2) is 6.30. The van der Waals surface area contributed by atoms with E-state index in [1.807, 2.05) is 18.4 Å². The molecule has 3 aromatic heterocycles. The van der Waals surface area contributed by atoms with E-state index in [-0.39, 0.29) is 5.91 Å². The summed E-state index contributed by atoms with van der Waals surface area (Å²) in [7, 11) is 0. The Morgan fingerprint density at radius 3 is 2.86 bits per heavy atom. The van der Waals surface area contributed by atoms with E-state index in [4.69, 9.17) is 0 Å². The zero-order chi connectivity index (χ0) is 14.8. The summed E-state index contributed by atoms with van der Waals surface area (Å²) in [5.41, 5.74) is 0.396. The smallest absolute Gasteiger partial charge is 0.276 e. The Morgan fingerprint density at radius 2 is 2.19 bits per heavy atom. The van der Waals surface area contributed by atoms with Crippen LogP contribution < -0.4 is 5.32 Å². The molecular formula is C12H9BrN4OS3. The highest BCUT2D eigenvalue weighted by Gasteiger charge is 2.15. The molecule has 1 amide bonds. The molecule has 3 rings (SSSR count). The van der Waals surface area contributed by atoms with Crippen molar-refractivity contribution in [3.63, 3.8) is 0 Å². The number of halogens is 1. The third-order valence-electron chi connectivity index (χ3n) is 2.50. The first-order valence-electron chi connectivity index (χ1n) is 5.99. The van der Waals surface area contributed by atoms with E-state index in [0.29, 0.717) is 10.8 Å². The van der Waals surface area contributed by atoms with Crippen LogP contribution in [0, 0.1) is 0 Å². The normalized spacial score (nSPS) is 10.8. The summed E-state index contributed by atoms with van der Waals surface area (Å²) in [6, 6.07) is 1.99. The van der Waals surface area contributed by atoms with Gasteiger partial charge in [0.05, 0.1) is 4.88 Å². The number of aryl methyl sites for hydroxylation is 1. The molecule has 108 valence electrons. The van der Waals surface area contributed by atoms with Gasteiger partial charge in [0.1, 0.15) is 15.7 Å². The summed E-state index contributed by atoms with van der Waals surface area (Å²) in [6.07, 6.45) is 0.807. The molecule has 3 heterocycles. The van der Waals surface area contributed by atoms with E-state index >= 15 is 0 Å². The molecule has 5 nitrogen and oxygen atoms in total. The Labute approximate surface area is 141 Å². The van der Waals surface area contributed by atoms with Crippen molar-refractivity contribution < 1.29 is 4.79 Å². The first kappa shape index (κ1) is 14.8. The highest BCUT2D eigenvalue weighted by Crippen LogP contribution is 2.32. The SMILES string of the molecule is CCc1nnc(NC(=O)c2csc(-c3cc(Br)cs3)n2)s1. The van der Waals surface area contributed by atoms with Crippen molar-refractivity contribution in [3.8, 4) is 9.88 Å². The van der Waals surface area contributed by atoms with Crippen molar-refractivity contribution in [1.82, 2.24) is 15.2 Å². The van der Waals surface area contributed by atoms with Gasteiger partial charge < -0.3 is 0 Å². The number of nitrogens with one attached hydrogen (secondary N) is 1. The zero-order valence-corrected chi connectivity index (χ0v) is 14.8. The zero-order valence-electron chi connectivity index (χ0n) is 10.8. The fourth-order valence-electron chi connectivity index (χ4n) is 1.52. The molecule has 0 saturated heterocycles. The number of rotatable bonds is 4. The minimum atomic E-state index is -0.257. The number of amides is 1. The molecule has 0 atom stereocenters. The van der Waals surface area contributed by atoms with E-state index in [1.54, 1.807) is 16.7 Å². The van der Waals surface area contributed by atoms with Gasteiger partial charge in [0.25, 0.3) is 5.91 Å². The summed E-state index contributed by atoms with van der Waals surface area (Å²) in [5.74, 6) is -0.257. The standard InChI is InChI=1S/C12H9BrN4OS3/c1-2-9-16-17-12(21-9)15-10(18)7-5-20-11(14-7)8-3-6(13)4-19-8/h3-5H,2H2,1H3,(H,15,17,18). The number of thiophene rings is 1. The summed E-state index contributed by atoms with van der Waals surface area (Å²) in [6.45, 7) is 2.00. The van der Waals surface area contributed by atoms with E-state index in [2.05, 4.69) is 36.4 Å². The van der Waals surface area contributed by atoms with Gasteiger partial charge in [-0.1, -0.05) is 18.3 Å². The fraction of sp³-hybridized carbons (Fsp3) is 0.167. The van der Waals surface area contributed by atoms with Gasteiger partial charge in [-0.15, -0.1) is 32.9 Å². The highest BCUT2D eigenvalue weighted by atomic mass is 79.9. The van der Waals surface area contributed by atoms with Crippen LogP contribution in [0.15, 0.2) is 21.3 Å². The van der Waals surface area contributed by atoms with Crippen LogP contribution in [0.25, 0.3) is 9.88 Å². The van der Waals surface area contributed by atoms with Crippen LogP contribution in [0.5, 0.6) is 0 Å². The van der Waals surface area contributed by atoms with Crippen molar-refractivity contribution in [1.29, 1.82) is 0 Å². The van der Waals surface area contributed by atoms with Crippen molar-refractivity contribution in [2.24, 2.45) is 0 Å².